The van der Waals surface area contributed by atoms with Gasteiger partial charge in [-0.25, -0.2) is 0 Å². The van der Waals surface area contributed by atoms with Crippen molar-refractivity contribution in [1.82, 2.24) is 5.32 Å². The van der Waals surface area contributed by atoms with Gasteiger partial charge in [-0.2, -0.15) is 0 Å². The summed E-state index contributed by atoms with van der Waals surface area (Å²) in [5.74, 6) is 2.08. The molecule has 0 aromatic carbocycles. The highest BCUT2D eigenvalue weighted by atomic mass is 16.3. The van der Waals surface area contributed by atoms with Crippen molar-refractivity contribution < 1.29 is 4.42 Å². The number of aryl methyl sites for hydroxylation is 1. The molecule has 0 spiro atoms. The lowest BCUT2D eigenvalue weighted by Gasteiger charge is -2.04. The van der Waals surface area contributed by atoms with Gasteiger partial charge >= 0.3 is 0 Å². The monoisotopic (exact) mass is 153 g/mol. The molecule has 1 atom stereocenters. The third-order valence-corrected chi connectivity index (χ3v) is 1.89. The largest absolute Gasteiger partial charge is 0.464 e. The number of rotatable bonds is 3. The number of nitrogens with one attached hydrogen (secondary N) is 1. The lowest BCUT2D eigenvalue weighted by atomic mass is 10.2. The summed E-state index contributed by atoms with van der Waals surface area (Å²) in [7, 11) is 1.93. The summed E-state index contributed by atoms with van der Waals surface area (Å²) in [6.07, 6.45) is 0.969. The summed E-state index contributed by atoms with van der Waals surface area (Å²) >= 11 is 0. The van der Waals surface area contributed by atoms with E-state index in [0.717, 1.165) is 17.9 Å². The van der Waals surface area contributed by atoms with Gasteiger partial charge in [-0.05, 0) is 26.1 Å². The van der Waals surface area contributed by atoms with Crippen molar-refractivity contribution in [3.8, 4) is 0 Å². The molecule has 0 aliphatic carbocycles. The van der Waals surface area contributed by atoms with E-state index in [-0.39, 0.29) is 0 Å². The van der Waals surface area contributed by atoms with Crippen molar-refractivity contribution >= 4 is 0 Å². The molecule has 1 N–H and O–H groups in total. The molecule has 0 aliphatic rings. The van der Waals surface area contributed by atoms with Crippen LogP contribution in [0.2, 0.25) is 0 Å². The molecule has 0 amide bonds. The maximum atomic E-state index is 5.52. The zero-order valence-corrected chi connectivity index (χ0v) is 7.35. The van der Waals surface area contributed by atoms with Crippen LogP contribution >= 0.6 is 0 Å². The zero-order chi connectivity index (χ0) is 8.27. The van der Waals surface area contributed by atoms with Crippen LogP contribution in [0.5, 0.6) is 0 Å². The van der Waals surface area contributed by atoms with Gasteiger partial charge in [0.1, 0.15) is 11.5 Å². The molecule has 0 saturated heterocycles. The van der Waals surface area contributed by atoms with Gasteiger partial charge in [0.2, 0.25) is 0 Å². The van der Waals surface area contributed by atoms with E-state index in [9.17, 15) is 0 Å². The molecule has 0 radical (unpaired) electrons. The number of hydrogen-bond donors (Lipinski definition) is 1. The molecule has 2 heteroatoms. The normalized spacial score (nSPS) is 13.4. The lowest BCUT2D eigenvalue weighted by Crippen LogP contribution is -2.11. The summed E-state index contributed by atoms with van der Waals surface area (Å²) in [6.45, 7) is 4.17. The second-order valence-electron chi connectivity index (χ2n) is 2.67. The molecule has 2 nitrogen and oxygen atoms in total. The maximum Gasteiger partial charge on any atom is 0.120 e. The maximum absolute atomic E-state index is 5.52. The third-order valence-electron chi connectivity index (χ3n) is 1.89. The van der Waals surface area contributed by atoms with Crippen molar-refractivity contribution in [2.24, 2.45) is 0 Å². The first-order valence-corrected chi connectivity index (χ1v) is 4.03. The van der Waals surface area contributed by atoms with Gasteiger partial charge in [0.05, 0.1) is 6.04 Å². The summed E-state index contributed by atoms with van der Waals surface area (Å²) in [4.78, 5) is 0. The fourth-order valence-electron chi connectivity index (χ4n) is 0.960. The topological polar surface area (TPSA) is 25.2 Å². The molecule has 0 unspecified atom stereocenters. The van der Waals surface area contributed by atoms with E-state index in [1.54, 1.807) is 0 Å². The van der Waals surface area contributed by atoms with Gasteiger partial charge in [-0.3, -0.25) is 0 Å². The zero-order valence-electron chi connectivity index (χ0n) is 7.35. The Balaban J connectivity index is 2.71. The Kier molecular flexibility index (Phi) is 2.71. The predicted octanol–water partition coefficient (Wildman–Crippen LogP) is 2.12. The third kappa shape index (κ3) is 1.84. The molecule has 0 saturated carbocycles. The summed E-state index contributed by atoms with van der Waals surface area (Å²) in [6, 6.07) is 4.37. The smallest absolute Gasteiger partial charge is 0.120 e. The second kappa shape index (κ2) is 3.58. The highest BCUT2D eigenvalue weighted by Gasteiger charge is 2.06. The number of furan rings is 1. The van der Waals surface area contributed by atoms with Crippen LogP contribution in [-0.4, -0.2) is 7.05 Å². The minimum absolute atomic E-state index is 0.315. The van der Waals surface area contributed by atoms with Crippen LogP contribution < -0.4 is 5.32 Å². The van der Waals surface area contributed by atoms with Gasteiger partial charge in [-0.1, -0.05) is 6.92 Å². The molecule has 11 heavy (non-hydrogen) atoms. The molecule has 62 valence electrons. The van der Waals surface area contributed by atoms with Crippen molar-refractivity contribution in [2.75, 3.05) is 7.05 Å². The summed E-state index contributed by atoms with van der Waals surface area (Å²) < 4.78 is 5.52. The van der Waals surface area contributed by atoms with Crippen LogP contribution in [0.3, 0.4) is 0 Å². The molecular formula is C9H15NO. The highest BCUT2D eigenvalue weighted by molar-refractivity contribution is 5.09. The van der Waals surface area contributed by atoms with Crippen LogP contribution in [0.4, 0.5) is 0 Å². The second-order valence-corrected chi connectivity index (χ2v) is 2.67. The van der Waals surface area contributed by atoms with Crippen LogP contribution in [0.15, 0.2) is 16.5 Å². The van der Waals surface area contributed by atoms with Crippen LogP contribution in [0, 0.1) is 0 Å². The average Bonchev–Trinajstić information content (AvgIpc) is 2.50. The fraction of sp³-hybridized carbons (Fsp3) is 0.556. The van der Waals surface area contributed by atoms with E-state index in [2.05, 4.69) is 19.2 Å². The van der Waals surface area contributed by atoms with E-state index in [0.29, 0.717) is 6.04 Å². The Bertz CT molecular complexity index is 217. The fourth-order valence-corrected chi connectivity index (χ4v) is 0.960. The molecule has 1 aromatic rings. The Labute approximate surface area is 67.6 Å². The van der Waals surface area contributed by atoms with Crippen molar-refractivity contribution in [2.45, 2.75) is 26.3 Å². The van der Waals surface area contributed by atoms with E-state index in [1.807, 2.05) is 19.2 Å². The number of hydrogen-bond acceptors (Lipinski definition) is 2. The molecule has 1 rings (SSSR count). The molecule has 0 aliphatic heterocycles. The first kappa shape index (κ1) is 8.34. The van der Waals surface area contributed by atoms with Crippen molar-refractivity contribution in [1.29, 1.82) is 0 Å². The molecule has 0 fully saturated rings. The van der Waals surface area contributed by atoms with Crippen molar-refractivity contribution in [3.05, 3.63) is 23.7 Å². The van der Waals surface area contributed by atoms with Gasteiger partial charge in [-0.15, -0.1) is 0 Å². The Hall–Kier alpha value is -0.760. The first-order valence-electron chi connectivity index (χ1n) is 4.03. The minimum atomic E-state index is 0.315. The molecule has 1 aromatic heterocycles. The van der Waals surface area contributed by atoms with E-state index in [4.69, 9.17) is 4.42 Å². The van der Waals surface area contributed by atoms with Gasteiger partial charge in [0, 0.05) is 6.42 Å². The molecule has 0 bridgehead atoms. The molecule has 1 heterocycles. The summed E-state index contributed by atoms with van der Waals surface area (Å²) in [5, 5.41) is 3.12. The van der Waals surface area contributed by atoms with E-state index >= 15 is 0 Å². The van der Waals surface area contributed by atoms with Gasteiger partial charge in [0.15, 0.2) is 0 Å². The van der Waals surface area contributed by atoms with E-state index < -0.39 is 0 Å². The Morgan fingerprint density at radius 2 is 2.27 bits per heavy atom. The average molecular weight is 153 g/mol. The SMILES string of the molecule is CCc1ccc([C@H](C)NC)o1. The highest BCUT2D eigenvalue weighted by Crippen LogP contribution is 2.15. The minimum Gasteiger partial charge on any atom is -0.464 e. The standard InChI is InChI=1S/C9H15NO/c1-4-8-5-6-9(11-8)7(2)10-3/h5-7,10H,4H2,1-3H3/t7-/m0/s1. The van der Waals surface area contributed by atoms with E-state index in [1.165, 1.54) is 0 Å². The van der Waals surface area contributed by atoms with Crippen LogP contribution in [-0.2, 0) is 6.42 Å². The van der Waals surface area contributed by atoms with Crippen molar-refractivity contribution in [3.63, 3.8) is 0 Å². The van der Waals surface area contributed by atoms with Gasteiger partial charge < -0.3 is 9.73 Å². The van der Waals surface area contributed by atoms with Gasteiger partial charge in [0.25, 0.3) is 0 Å². The molecular weight excluding hydrogens is 138 g/mol. The van der Waals surface area contributed by atoms with Crippen LogP contribution in [0.25, 0.3) is 0 Å². The summed E-state index contributed by atoms with van der Waals surface area (Å²) in [5.41, 5.74) is 0. The lowest BCUT2D eigenvalue weighted by molar-refractivity contribution is 0.423. The predicted molar refractivity (Wildman–Crippen MR) is 45.6 cm³/mol. The van der Waals surface area contributed by atoms with Crippen LogP contribution in [0.1, 0.15) is 31.4 Å². The first-order chi connectivity index (χ1) is 5.27. The Morgan fingerprint density at radius 1 is 1.55 bits per heavy atom. The Morgan fingerprint density at radius 3 is 2.73 bits per heavy atom. The quantitative estimate of drug-likeness (QED) is 0.719.